The maximum atomic E-state index is 13.3. The lowest BCUT2D eigenvalue weighted by Crippen LogP contribution is -2.55. The van der Waals surface area contributed by atoms with Crippen LogP contribution in [0.1, 0.15) is 18.9 Å². The Morgan fingerprint density at radius 3 is 2.34 bits per heavy atom. The van der Waals surface area contributed by atoms with Gasteiger partial charge in [-0.3, -0.25) is 14.5 Å². The minimum Gasteiger partial charge on any atom is -0.497 e. The van der Waals surface area contributed by atoms with Crippen LogP contribution in [0.5, 0.6) is 5.75 Å². The normalized spacial score (nSPS) is 18.6. The first-order valence-corrected chi connectivity index (χ1v) is 10.2. The van der Waals surface area contributed by atoms with E-state index in [0.717, 1.165) is 35.8 Å². The summed E-state index contributed by atoms with van der Waals surface area (Å²) in [5.41, 5.74) is 3.09. The highest BCUT2D eigenvalue weighted by atomic mass is 16.5. The first kappa shape index (κ1) is 19.3. The van der Waals surface area contributed by atoms with Crippen molar-refractivity contribution in [2.24, 2.45) is 0 Å². The Morgan fingerprint density at radius 1 is 1.00 bits per heavy atom. The molecule has 2 amide bonds. The van der Waals surface area contributed by atoms with Gasteiger partial charge < -0.3 is 14.5 Å². The van der Waals surface area contributed by atoms with Gasteiger partial charge in [-0.25, -0.2) is 0 Å². The number of nitrogens with zero attached hydrogens (tertiary/aromatic N) is 3. The smallest absolute Gasteiger partial charge is 0.246 e. The van der Waals surface area contributed by atoms with Crippen LogP contribution in [-0.4, -0.2) is 56.0 Å². The number of benzene rings is 2. The number of para-hydroxylation sites is 1. The number of hydrogen-bond donors (Lipinski definition) is 0. The third kappa shape index (κ3) is 3.67. The van der Waals surface area contributed by atoms with E-state index in [4.69, 9.17) is 4.74 Å². The molecular formula is C23H27N3O3. The van der Waals surface area contributed by atoms with Crippen LogP contribution in [0.25, 0.3) is 0 Å². The molecule has 0 bridgehead atoms. The molecular weight excluding hydrogens is 366 g/mol. The van der Waals surface area contributed by atoms with Crippen molar-refractivity contribution >= 4 is 23.2 Å². The molecule has 2 aliphatic heterocycles. The van der Waals surface area contributed by atoms with Gasteiger partial charge in [0.25, 0.3) is 0 Å². The quantitative estimate of drug-likeness (QED) is 0.802. The van der Waals surface area contributed by atoms with Crippen LogP contribution in [0, 0.1) is 0 Å². The molecule has 0 unspecified atom stereocenters. The highest BCUT2D eigenvalue weighted by Gasteiger charge is 2.40. The molecule has 1 atom stereocenters. The highest BCUT2D eigenvalue weighted by molar-refractivity contribution is 6.03. The molecule has 4 rings (SSSR count). The number of piperazine rings is 1. The molecule has 0 N–H and O–H groups in total. The molecule has 0 aliphatic carbocycles. The van der Waals surface area contributed by atoms with Crippen molar-refractivity contribution in [3.63, 3.8) is 0 Å². The van der Waals surface area contributed by atoms with Gasteiger partial charge >= 0.3 is 0 Å². The van der Waals surface area contributed by atoms with E-state index in [9.17, 15) is 9.59 Å². The molecule has 0 aromatic heterocycles. The molecule has 1 saturated heterocycles. The van der Waals surface area contributed by atoms with E-state index in [1.165, 1.54) is 0 Å². The van der Waals surface area contributed by atoms with Crippen molar-refractivity contribution in [2.45, 2.75) is 25.8 Å². The minimum atomic E-state index is -0.424. The third-order valence-electron chi connectivity index (χ3n) is 5.86. The fourth-order valence-corrected chi connectivity index (χ4v) is 4.25. The highest BCUT2D eigenvalue weighted by Crippen LogP contribution is 2.33. The van der Waals surface area contributed by atoms with E-state index in [2.05, 4.69) is 4.90 Å². The number of carbonyl (C=O) groups is 2. The van der Waals surface area contributed by atoms with Crippen LogP contribution in [0.2, 0.25) is 0 Å². The van der Waals surface area contributed by atoms with Crippen LogP contribution in [0.4, 0.5) is 11.4 Å². The lowest BCUT2D eigenvalue weighted by molar-refractivity contribution is -0.134. The predicted molar refractivity (Wildman–Crippen MR) is 113 cm³/mol. The van der Waals surface area contributed by atoms with Gasteiger partial charge in [-0.05, 0) is 35.9 Å². The summed E-state index contributed by atoms with van der Waals surface area (Å²) in [6.07, 6.45) is 0.989. The number of ether oxygens (including phenoxy) is 1. The van der Waals surface area contributed by atoms with E-state index in [1.54, 1.807) is 12.0 Å². The predicted octanol–water partition coefficient (Wildman–Crippen LogP) is 2.71. The molecule has 29 heavy (non-hydrogen) atoms. The van der Waals surface area contributed by atoms with Gasteiger partial charge in [0, 0.05) is 50.4 Å². The van der Waals surface area contributed by atoms with Gasteiger partial charge in [-0.1, -0.05) is 25.1 Å². The number of rotatable bonds is 4. The fourth-order valence-electron chi connectivity index (χ4n) is 4.25. The average molecular weight is 393 g/mol. The molecule has 2 heterocycles. The topological polar surface area (TPSA) is 53.1 Å². The van der Waals surface area contributed by atoms with Gasteiger partial charge in [-0.2, -0.15) is 0 Å². The molecule has 2 aliphatic rings. The molecule has 0 radical (unpaired) electrons. The second-order valence-corrected chi connectivity index (χ2v) is 7.48. The van der Waals surface area contributed by atoms with E-state index < -0.39 is 6.04 Å². The standard InChI is InChI=1S/C23H27N3O3/c1-3-22(27)26-20-7-5-4-6-17(20)16-21(26)23(28)25-14-12-24(13-15-25)18-8-10-19(29-2)11-9-18/h4-11,21H,3,12-16H2,1-2H3/t21-/m0/s1. The maximum Gasteiger partial charge on any atom is 0.246 e. The lowest BCUT2D eigenvalue weighted by Gasteiger charge is -2.38. The number of hydrogen-bond acceptors (Lipinski definition) is 4. The van der Waals surface area contributed by atoms with Crippen molar-refractivity contribution in [3.8, 4) is 5.75 Å². The third-order valence-corrected chi connectivity index (χ3v) is 5.86. The van der Waals surface area contributed by atoms with E-state index >= 15 is 0 Å². The summed E-state index contributed by atoms with van der Waals surface area (Å²) in [5, 5.41) is 0. The molecule has 1 fully saturated rings. The SMILES string of the molecule is CCC(=O)N1c2ccccc2C[C@H]1C(=O)N1CCN(c2ccc(OC)cc2)CC1. The first-order chi connectivity index (χ1) is 14.1. The summed E-state index contributed by atoms with van der Waals surface area (Å²) in [6, 6.07) is 15.4. The molecule has 0 saturated carbocycles. The summed E-state index contributed by atoms with van der Waals surface area (Å²) in [7, 11) is 1.66. The second kappa shape index (κ2) is 8.15. The van der Waals surface area contributed by atoms with Crippen LogP contribution in [-0.2, 0) is 16.0 Å². The van der Waals surface area contributed by atoms with Crippen LogP contribution >= 0.6 is 0 Å². The maximum absolute atomic E-state index is 13.3. The summed E-state index contributed by atoms with van der Waals surface area (Å²) in [5.74, 6) is 0.895. The Bertz CT molecular complexity index is 888. The van der Waals surface area contributed by atoms with Crippen LogP contribution in [0.3, 0.4) is 0 Å². The first-order valence-electron chi connectivity index (χ1n) is 10.2. The number of anilines is 2. The van der Waals surface area contributed by atoms with Crippen molar-refractivity contribution in [2.75, 3.05) is 43.1 Å². The molecule has 6 nitrogen and oxygen atoms in total. The van der Waals surface area contributed by atoms with Crippen molar-refractivity contribution < 1.29 is 14.3 Å². The van der Waals surface area contributed by atoms with Gasteiger partial charge in [0.1, 0.15) is 11.8 Å². The Hall–Kier alpha value is -3.02. The Morgan fingerprint density at radius 2 is 1.69 bits per heavy atom. The zero-order valence-electron chi connectivity index (χ0n) is 17.0. The van der Waals surface area contributed by atoms with Crippen molar-refractivity contribution in [1.82, 2.24) is 4.90 Å². The summed E-state index contributed by atoms with van der Waals surface area (Å²) >= 11 is 0. The van der Waals surface area contributed by atoms with E-state index in [-0.39, 0.29) is 11.8 Å². The zero-order chi connectivity index (χ0) is 20.4. The largest absolute Gasteiger partial charge is 0.497 e. The summed E-state index contributed by atoms with van der Waals surface area (Å²) < 4.78 is 5.22. The van der Waals surface area contributed by atoms with Gasteiger partial charge in [0.05, 0.1) is 7.11 Å². The number of amides is 2. The van der Waals surface area contributed by atoms with Gasteiger partial charge in [0.15, 0.2) is 0 Å². The van der Waals surface area contributed by atoms with E-state index in [0.29, 0.717) is 25.9 Å². The number of carbonyl (C=O) groups excluding carboxylic acids is 2. The lowest BCUT2D eigenvalue weighted by atomic mass is 10.1. The average Bonchev–Trinajstić information content (AvgIpc) is 3.18. The molecule has 6 heteroatoms. The van der Waals surface area contributed by atoms with Crippen molar-refractivity contribution in [3.05, 3.63) is 54.1 Å². The minimum absolute atomic E-state index is 0.00479. The van der Waals surface area contributed by atoms with Crippen LogP contribution in [0.15, 0.2) is 48.5 Å². The summed E-state index contributed by atoms with van der Waals surface area (Å²) in [4.78, 5) is 31.8. The number of fused-ring (bicyclic) bond motifs is 1. The Labute approximate surface area is 171 Å². The fraction of sp³-hybridized carbons (Fsp3) is 0.391. The summed E-state index contributed by atoms with van der Waals surface area (Å²) in [6.45, 7) is 4.72. The number of methoxy groups -OCH3 is 1. The van der Waals surface area contributed by atoms with Crippen LogP contribution < -0.4 is 14.5 Å². The molecule has 2 aromatic carbocycles. The molecule has 152 valence electrons. The van der Waals surface area contributed by atoms with Crippen molar-refractivity contribution in [1.29, 1.82) is 0 Å². The zero-order valence-corrected chi connectivity index (χ0v) is 17.0. The van der Waals surface area contributed by atoms with Gasteiger partial charge in [0.2, 0.25) is 11.8 Å². The molecule has 2 aromatic rings. The second-order valence-electron chi connectivity index (χ2n) is 7.48. The van der Waals surface area contributed by atoms with Gasteiger partial charge in [-0.15, -0.1) is 0 Å². The molecule has 0 spiro atoms. The Balaban J connectivity index is 1.44. The monoisotopic (exact) mass is 393 g/mol. The Kier molecular flexibility index (Phi) is 5.43. The van der Waals surface area contributed by atoms with E-state index in [1.807, 2.05) is 60.4 Å².